The van der Waals surface area contributed by atoms with Crippen LogP contribution in [0.15, 0.2) is 48.5 Å². The number of ether oxygens (including phenoxy) is 2. The van der Waals surface area contributed by atoms with Crippen molar-refractivity contribution in [3.63, 3.8) is 0 Å². The van der Waals surface area contributed by atoms with Gasteiger partial charge < -0.3 is 14.8 Å². The van der Waals surface area contributed by atoms with Gasteiger partial charge in [0.25, 0.3) is 0 Å². The third-order valence-electron chi connectivity index (χ3n) is 4.28. The minimum Gasteiger partial charge on any atom is -0.493 e. The number of nitrogens with one attached hydrogen (secondary N) is 1. The van der Waals surface area contributed by atoms with Gasteiger partial charge in [-0.25, -0.2) is 0 Å². The lowest BCUT2D eigenvalue weighted by Gasteiger charge is -2.20. The molecule has 0 bridgehead atoms. The Morgan fingerprint density at radius 2 is 1.48 bits per heavy atom. The molecule has 1 N–H and O–H groups in total. The summed E-state index contributed by atoms with van der Waals surface area (Å²) in [5.74, 6) is 2.55. The molecule has 21 heavy (non-hydrogen) atoms. The van der Waals surface area contributed by atoms with Gasteiger partial charge in [0, 0.05) is 24.9 Å². The van der Waals surface area contributed by atoms with E-state index in [0.29, 0.717) is 11.8 Å². The summed E-state index contributed by atoms with van der Waals surface area (Å²) in [6, 6.07) is 17.0. The van der Waals surface area contributed by atoms with Crippen molar-refractivity contribution in [2.45, 2.75) is 11.8 Å². The fourth-order valence-corrected chi connectivity index (χ4v) is 3.16. The highest BCUT2D eigenvalue weighted by atomic mass is 16.5. The zero-order valence-electron chi connectivity index (χ0n) is 12.5. The summed E-state index contributed by atoms with van der Waals surface area (Å²) in [4.78, 5) is 0. The van der Waals surface area contributed by atoms with Crippen LogP contribution >= 0.6 is 0 Å². The average Bonchev–Trinajstić information content (AvgIpc) is 3.04. The zero-order chi connectivity index (χ0) is 14.7. The average molecular weight is 283 g/mol. The molecule has 3 rings (SSSR count). The molecular weight excluding hydrogens is 262 g/mol. The minimum atomic E-state index is 0.465. The third kappa shape index (κ3) is 2.74. The molecular formula is C18H21NO2. The van der Waals surface area contributed by atoms with Crippen LogP contribution < -0.4 is 14.8 Å². The van der Waals surface area contributed by atoms with Gasteiger partial charge in [0.15, 0.2) is 11.5 Å². The lowest BCUT2D eigenvalue weighted by atomic mass is 9.84. The second kappa shape index (κ2) is 6.19. The van der Waals surface area contributed by atoms with E-state index in [2.05, 4.69) is 47.8 Å². The Labute approximate surface area is 125 Å². The molecule has 1 fully saturated rings. The van der Waals surface area contributed by atoms with Gasteiger partial charge in [-0.05, 0) is 23.3 Å². The summed E-state index contributed by atoms with van der Waals surface area (Å²) in [5.41, 5.74) is 2.69. The highest BCUT2D eigenvalue weighted by molar-refractivity contribution is 5.45. The second-order valence-electron chi connectivity index (χ2n) is 5.40. The van der Waals surface area contributed by atoms with Crippen molar-refractivity contribution in [2.24, 2.45) is 0 Å². The molecule has 1 heterocycles. The van der Waals surface area contributed by atoms with E-state index in [9.17, 15) is 0 Å². The van der Waals surface area contributed by atoms with Crippen molar-refractivity contribution in [2.75, 3.05) is 27.3 Å². The van der Waals surface area contributed by atoms with Gasteiger partial charge >= 0.3 is 0 Å². The Hall–Kier alpha value is -2.00. The molecule has 0 aliphatic carbocycles. The predicted octanol–water partition coefficient (Wildman–Crippen LogP) is 3.17. The topological polar surface area (TPSA) is 30.5 Å². The smallest absolute Gasteiger partial charge is 0.160 e. The van der Waals surface area contributed by atoms with Crippen molar-refractivity contribution in [1.82, 2.24) is 5.32 Å². The molecule has 1 aliphatic heterocycles. The Morgan fingerprint density at radius 1 is 0.810 bits per heavy atom. The summed E-state index contributed by atoms with van der Waals surface area (Å²) in [6.45, 7) is 2.01. The fraction of sp³-hybridized carbons (Fsp3) is 0.333. The zero-order valence-corrected chi connectivity index (χ0v) is 12.5. The van der Waals surface area contributed by atoms with Crippen LogP contribution in [0.2, 0.25) is 0 Å². The maximum absolute atomic E-state index is 5.43. The van der Waals surface area contributed by atoms with Crippen molar-refractivity contribution >= 4 is 0 Å². The van der Waals surface area contributed by atoms with Gasteiger partial charge in [-0.15, -0.1) is 0 Å². The first-order valence-corrected chi connectivity index (χ1v) is 7.31. The highest BCUT2D eigenvalue weighted by Crippen LogP contribution is 2.39. The predicted molar refractivity (Wildman–Crippen MR) is 84.3 cm³/mol. The highest BCUT2D eigenvalue weighted by Gasteiger charge is 2.30. The van der Waals surface area contributed by atoms with Crippen molar-refractivity contribution in [1.29, 1.82) is 0 Å². The van der Waals surface area contributed by atoms with E-state index >= 15 is 0 Å². The van der Waals surface area contributed by atoms with E-state index in [1.807, 2.05) is 6.07 Å². The molecule has 0 amide bonds. The van der Waals surface area contributed by atoms with Crippen LogP contribution in [0.5, 0.6) is 11.5 Å². The van der Waals surface area contributed by atoms with E-state index in [0.717, 1.165) is 24.6 Å². The van der Waals surface area contributed by atoms with Crippen LogP contribution in [-0.4, -0.2) is 27.3 Å². The second-order valence-corrected chi connectivity index (χ2v) is 5.40. The summed E-state index contributed by atoms with van der Waals surface area (Å²) >= 11 is 0. The van der Waals surface area contributed by atoms with E-state index in [1.54, 1.807) is 14.2 Å². The molecule has 0 unspecified atom stereocenters. The fourth-order valence-electron chi connectivity index (χ4n) is 3.16. The third-order valence-corrected chi connectivity index (χ3v) is 4.28. The Morgan fingerprint density at radius 3 is 2.14 bits per heavy atom. The molecule has 0 radical (unpaired) electrons. The first kappa shape index (κ1) is 14.0. The Bertz CT molecular complexity index is 597. The largest absolute Gasteiger partial charge is 0.493 e. The molecule has 2 aromatic rings. The number of rotatable bonds is 4. The Kier molecular flexibility index (Phi) is 4.11. The first-order chi connectivity index (χ1) is 10.3. The number of methoxy groups -OCH3 is 2. The van der Waals surface area contributed by atoms with Crippen LogP contribution in [-0.2, 0) is 0 Å². The summed E-state index contributed by atoms with van der Waals surface area (Å²) in [6.07, 6.45) is 0. The normalized spacial score (nSPS) is 21.2. The van der Waals surface area contributed by atoms with Crippen LogP contribution in [0.25, 0.3) is 0 Å². The molecule has 3 heteroatoms. The lowest BCUT2D eigenvalue weighted by molar-refractivity contribution is 0.354. The van der Waals surface area contributed by atoms with Crippen LogP contribution in [0, 0.1) is 0 Å². The van der Waals surface area contributed by atoms with Crippen molar-refractivity contribution < 1.29 is 9.47 Å². The molecule has 1 aliphatic rings. The quantitative estimate of drug-likeness (QED) is 0.935. The summed E-state index contributed by atoms with van der Waals surface area (Å²) in [5, 5.41) is 3.51. The number of benzene rings is 2. The monoisotopic (exact) mass is 283 g/mol. The molecule has 0 saturated carbocycles. The van der Waals surface area contributed by atoms with E-state index < -0.39 is 0 Å². The van der Waals surface area contributed by atoms with E-state index in [1.165, 1.54) is 11.1 Å². The van der Waals surface area contributed by atoms with Gasteiger partial charge in [0.05, 0.1) is 14.2 Å². The van der Waals surface area contributed by atoms with Crippen LogP contribution in [0.4, 0.5) is 0 Å². The van der Waals surface area contributed by atoms with Crippen LogP contribution in [0.1, 0.15) is 23.0 Å². The maximum Gasteiger partial charge on any atom is 0.160 e. The SMILES string of the molecule is COc1ccc([C@H]2CNC[C@@H]2c2ccccc2)cc1OC. The number of hydrogen-bond acceptors (Lipinski definition) is 3. The van der Waals surface area contributed by atoms with E-state index in [4.69, 9.17) is 9.47 Å². The summed E-state index contributed by atoms with van der Waals surface area (Å²) in [7, 11) is 3.35. The molecule has 2 aromatic carbocycles. The maximum atomic E-state index is 5.43. The molecule has 0 aromatic heterocycles. The van der Waals surface area contributed by atoms with Crippen molar-refractivity contribution in [3.05, 3.63) is 59.7 Å². The molecule has 110 valence electrons. The van der Waals surface area contributed by atoms with Gasteiger partial charge in [-0.3, -0.25) is 0 Å². The van der Waals surface area contributed by atoms with Gasteiger partial charge in [0.2, 0.25) is 0 Å². The molecule has 3 nitrogen and oxygen atoms in total. The Balaban J connectivity index is 1.92. The van der Waals surface area contributed by atoms with Crippen molar-refractivity contribution in [3.8, 4) is 11.5 Å². The first-order valence-electron chi connectivity index (χ1n) is 7.31. The van der Waals surface area contributed by atoms with Crippen LogP contribution in [0.3, 0.4) is 0 Å². The molecule has 1 saturated heterocycles. The van der Waals surface area contributed by atoms with E-state index in [-0.39, 0.29) is 0 Å². The lowest BCUT2D eigenvalue weighted by Crippen LogP contribution is -2.09. The molecule has 0 spiro atoms. The number of hydrogen-bond donors (Lipinski definition) is 1. The molecule has 2 atom stereocenters. The van der Waals surface area contributed by atoms with Gasteiger partial charge in [-0.1, -0.05) is 36.4 Å². The van der Waals surface area contributed by atoms with Gasteiger partial charge in [-0.2, -0.15) is 0 Å². The minimum absolute atomic E-state index is 0.465. The standard InChI is InChI=1S/C18H21NO2/c1-20-17-9-8-14(10-18(17)21-2)16-12-19-11-15(16)13-6-4-3-5-7-13/h3-10,15-16,19H,11-12H2,1-2H3/t15-,16-/m1/s1. The van der Waals surface area contributed by atoms with Gasteiger partial charge in [0.1, 0.15) is 0 Å². The summed E-state index contributed by atoms with van der Waals surface area (Å²) < 4.78 is 10.8.